The molecule has 0 aliphatic rings. The van der Waals surface area contributed by atoms with Gasteiger partial charge in [0.25, 0.3) is 0 Å². The summed E-state index contributed by atoms with van der Waals surface area (Å²) in [4.78, 5) is 4.04. The number of aliphatic hydroxyl groups is 1. The highest BCUT2D eigenvalue weighted by atomic mass is 79.9. The molecule has 1 unspecified atom stereocenters. The molecular formula is C10H15BrN2O2. The molecule has 1 aromatic rings. The van der Waals surface area contributed by atoms with E-state index in [1.165, 1.54) is 0 Å². The number of nitrogens with one attached hydrogen (secondary N) is 1. The lowest BCUT2D eigenvalue weighted by Gasteiger charge is -2.17. The third kappa shape index (κ3) is 4.59. The highest BCUT2D eigenvalue weighted by Gasteiger charge is 2.07. The molecule has 0 saturated carbocycles. The maximum Gasteiger partial charge on any atom is 0.0664 e. The largest absolute Gasteiger partial charge is 0.396 e. The number of halogens is 1. The van der Waals surface area contributed by atoms with Crippen LogP contribution in [0.15, 0.2) is 22.9 Å². The maximum atomic E-state index is 8.88. The molecular weight excluding hydrogens is 260 g/mol. The van der Waals surface area contributed by atoms with E-state index in [1.54, 1.807) is 19.5 Å². The molecule has 0 saturated heterocycles. The van der Waals surface area contributed by atoms with Gasteiger partial charge in [0, 0.05) is 24.4 Å². The van der Waals surface area contributed by atoms with Crippen molar-refractivity contribution >= 4 is 21.6 Å². The van der Waals surface area contributed by atoms with Gasteiger partial charge in [0.15, 0.2) is 0 Å². The van der Waals surface area contributed by atoms with Crippen LogP contribution in [0.2, 0.25) is 0 Å². The number of pyridine rings is 1. The monoisotopic (exact) mass is 274 g/mol. The molecule has 1 aromatic heterocycles. The quantitative estimate of drug-likeness (QED) is 0.829. The number of hydrogen-bond acceptors (Lipinski definition) is 4. The van der Waals surface area contributed by atoms with Gasteiger partial charge in [0.05, 0.1) is 24.5 Å². The van der Waals surface area contributed by atoms with Gasteiger partial charge in [-0.05, 0) is 28.4 Å². The Kier molecular flexibility index (Phi) is 5.60. The van der Waals surface area contributed by atoms with Crippen LogP contribution in [0, 0.1) is 0 Å². The van der Waals surface area contributed by atoms with Gasteiger partial charge < -0.3 is 15.2 Å². The SMILES string of the molecule is COCC(CCO)Nc1cncc(Br)c1. The number of anilines is 1. The summed E-state index contributed by atoms with van der Waals surface area (Å²) in [6.45, 7) is 0.704. The number of ether oxygens (including phenoxy) is 1. The van der Waals surface area contributed by atoms with Gasteiger partial charge in [-0.2, -0.15) is 0 Å². The first-order valence-corrected chi connectivity index (χ1v) is 5.52. The average molecular weight is 275 g/mol. The van der Waals surface area contributed by atoms with E-state index in [9.17, 15) is 0 Å². The van der Waals surface area contributed by atoms with Crippen molar-refractivity contribution in [2.75, 3.05) is 25.6 Å². The number of nitrogens with zero attached hydrogens (tertiary/aromatic N) is 1. The second-order valence-corrected chi connectivity index (χ2v) is 4.12. The molecule has 0 aliphatic carbocycles. The Hall–Kier alpha value is -0.650. The number of aliphatic hydroxyl groups excluding tert-OH is 1. The van der Waals surface area contributed by atoms with Crippen LogP contribution >= 0.6 is 15.9 Å². The average Bonchev–Trinajstić information content (AvgIpc) is 2.18. The fourth-order valence-electron chi connectivity index (χ4n) is 1.28. The van der Waals surface area contributed by atoms with Crippen molar-refractivity contribution < 1.29 is 9.84 Å². The fraction of sp³-hybridized carbons (Fsp3) is 0.500. The van der Waals surface area contributed by atoms with Crippen LogP contribution < -0.4 is 5.32 Å². The lowest BCUT2D eigenvalue weighted by atomic mass is 10.2. The van der Waals surface area contributed by atoms with Crippen molar-refractivity contribution in [2.24, 2.45) is 0 Å². The minimum atomic E-state index is 0.107. The summed E-state index contributed by atoms with van der Waals surface area (Å²) >= 11 is 3.35. The lowest BCUT2D eigenvalue weighted by Crippen LogP contribution is -2.26. The number of rotatable bonds is 6. The predicted octanol–water partition coefficient (Wildman–Crippen LogP) is 1.65. The third-order valence-corrected chi connectivity index (χ3v) is 2.35. The van der Waals surface area contributed by atoms with E-state index in [2.05, 4.69) is 26.2 Å². The van der Waals surface area contributed by atoms with Crippen LogP contribution in [0.3, 0.4) is 0 Å². The first-order chi connectivity index (χ1) is 7.26. The first kappa shape index (κ1) is 12.4. The van der Waals surface area contributed by atoms with Crippen molar-refractivity contribution in [1.82, 2.24) is 4.98 Å². The minimum Gasteiger partial charge on any atom is -0.396 e. The zero-order valence-electron chi connectivity index (χ0n) is 8.61. The zero-order valence-corrected chi connectivity index (χ0v) is 10.2. The smallest absolute Gasteiger partial charge is 0.0664 e. The molecule has 4 nitrogen and oxygen atoms in total. The molecule has 0 amide bonds. The lowest BCUT2D eigenvalue weighted by molar-refractivity contribution is 0.170. The molecule has 0 aromatic carbocycles. The molecule has 1 heterocycles. The van der Waals surface area contributed by atoms with Gasteiger partial charge in [-0.15, -0.1) is 0 Å². The Morgan fingerprint density at radius 3 is 3.00 bits per heavy atom. The van der Waals surface area contributed by atoms with E-state index in [0.29, 0.717) is 13.0 Å². The molecule has 0 radical (unpaired) electrons. The summed E-state index contributed by atoms with van der Waals surface area (Å²) < 4.78 is 5.98. The summed E-state index contributed by atoms with van der Waals surface area (Å²) in [5.74, 6) is 0. The predicted molar refractivity (Wildman–Crippen MR) is 62.9 cm³/mol. The van der Waals surface area contributed by atoms with Gasteiger partial charge in [0.1, 0.15) is 0 Å². The molecule has 0 fully saturated rings. The van der Waals surface area contributed by atoms with E-state index in [0.717, 1.165) is 10.2 Å². The van der Waals surface area contributed by atoms with Gasteiger partial charge in [-0.3, -0.25) is 4.98 Å². The summed E-state index contributed by atoms with van der Waals surface area (Å²) in [5, 5.41) is 12.1. The van der Waals surface area contributed by atoms with Crippen molar-refractivity contribution in [3.05, 3.63) is 22.9 Å². The highest BCUT2D eigenvalue weighted by Crippen LogP contribution is 2.15. The molecule has 15 heavy (non-hydrogen) atoms. The Labute approximate surface area is 97.8 Å². The van der Waals surface area contributed by atoms with Gasteiger partial charge >= 0.3 is 0 Å². The Morgan fingerprint density at radius 2 is 2.40 bits per heavy atom. The van der Waals surface area contributed by atoms with E-state index in [4.69, 9.17) is 9.84 Å². The van der Waals surface area contributed by atoms with Crippen LogP contribution in [0.25, 0.3) is 0 Å². The molecule has 0 spiro atoms. The highest BCUT2D eigenvalue weighted by molar-refractivity contribution is 9.10. The van der Waals surface area contributed by atoms with Crippen molar-refractivity contribution in [2.45, 2.75) is 12.5 Å². The molecule has 84 valence electrons. The van der Waals surface area contributed by atoms with Gasteiger partial charge in [-0.25, -0.2) is 0 Å². The Balaban J connectivity index is 2.56. The summed E-state index contributed by atoms with van der Waals surface area (Å²) in [5.41, 5.74) is 0.917. The van der Waals surface area contributed by atoms with Crippen molar-refractivity contribution in [1.29, 1.82) is 0 Å². The number of aromatic nitrogens is 1. The zero-order chi connectivity index (χ0) is 11.1. The Bertz CT molecular complexity index is 291. The van der Waals surface area contributed by atoms with E-state index < -0.39 is 0 Å². The molecule has 5 heteroatoms. The third-order valence-electron chi connectivity index (χ3n) is 1.92. The molecule has 2 N–H and O–H groups in total. The van der Waals surface area contributed by atoms with Crippen LogP contribution in [-0.2, 0) is 4.74 Å². The molecule has 1 rings (SSSR count). The first-order valence-electron chi connectivity index (χ1n) is 4.73. The maximum absolute atomic E-state index is 8.88. The molecule has 0 bridgehead atoms. The Morgan fingerprint density at radius 1 is 1.60 bits per heavy atom. The standard InChI is InChI=1S/C10H15BrN2O2/c1-15-7-9(2-3-14)13-10-4-8(11)5-12-6-10/h4-6,9,13-14H,2-3,7H2,1H3. The van der Waals surface area contributed by atoms with Crippen LogP contribution in [-0.4, -0.2) is 36.5 Å². The molecule has 0 aliphatic heterocycles. The van der Waals surface area contributed by atoms with Gasteiger partial charge in [0.2, 0.25) is 0 Å². The van der Waals surface area contributed by atoms with Crippen LogP contribution in [0.1, 0.15) is 6.42 Å². The summed E-state index contributed by atoms with van der Waals surface area (Å²) in [6.07, 6.45) is 4.12. The van der Waals surface area contributed by atoms with Crippen LogP contribution in [0.5, 0.6) is 0 Å². The summed E-state index contributed by atoms with van der Waals surface area (Å²) in [6, 6.07) is 2.05. The minimum absolute atomic E-state index is 0.107. The number of hydrogen-bond donors (Lipinski definition) is 2. The topological polar surface area (TPSA) is 54.4 Å². The normalized spacial score (nSPS) is 12.5. The fourth-order valence-corrected chi connectivity index (χ4v) is 1.65. The van der Waals surface area contributed by atoms with E-state index in [1.807, 2.05) is 6.07 Å². The van der Waals surface area contributed by atoms with Crippen molar-refractivity contribution in [3.63, 3.8) is 0 Å². The van der Waals surface area contributed by atoms with Gasteiger partial charge in [-0.1, -0.05) is 0 Å². The van der Waals surface area contributed by atoms with E-state index in [-0.39, 0.29) is 12.6 Å². The second kappa shape index (κ2) is 6.76. The molecule has 1 atom stereocenters. The van der Waals surface area contributed by atoms with E-state index >= 15 is 0 Å². The number of methoxy groups -OCH3 is 1. The summed E-state index contributed by atoms with van der Waals surface area (Å²) in [7, 11) is 1.64. The van der Waals surface area contributed by atoms with Crippen LogP contribution in [0.4, 0.5) is 5.69 Å². The second-order valence-electron chi connectivity index (χ2n) is 3.20. The van der Waals surface area contributed by atoms with Crippen molar-refractivity contribution in [3.8, 4) is 0 Å².